The Hall–Kier alpha value is -4.21. The molecule has 1 aromatic heterocycles. The van der Waals surface area contributed by atoms with Crippen molar-refractivity contribution in [2.75, 3.05) is 54.3 Å². The zero-order chi connectivity index (χ0) is 27.6. The van der Waals surface area contributed by atoms with Crippen molar-refractivity contribution in [1.82, 2.24) is 9.80 Å². The van der Waals surface area contributed by atoms with Crippen molar-refractivity contribution in [2.45, 2.75) is 13.1 Å². The number of piperazine rings is 1. The molecule has 0 bridgehead atoms. The van der Waals surface area contributed by atoms with E-state index in [0.717, 1.165) is 55.3 Å². The number of benzene rings is 3. The highest BCUT2D eigenvalue weighted by molar-refractivity contribution is 5.84. The number of rotatable bonds is 8. The zero-order valence-corrected chi connectivity index (χ0v) is 22.9. The van der Waals surface area contributed by atoms with Crippen LogP contribution >= 0.6 is 0 Å². The number of nitrogens with zero attached hydrogens (tertiary/aromatic N) is 2. The van der Waals surface area contributed by atoms with Crippen LogP contribution in [-0.4, -0.2) is 64.1 Å². The minimum Gasteiger partial charge on any atom is -0.497 e. The molecule has 6 rings (SSSR count). The van der Waals surface area contributed by atoms with E-state index in [1.54, 1.807) is 39.5 Å². The molecule has 0 spiro atoms. The van der Waals surface area contributed by atoms with Crippen molar-refractivity contribution in [3.63, 3.8) is 0 Å². The summed E-state index contributed by atoms with van der Waals surface area (Å²) in [7, 11) is 4.83. The van der Waals surface area contributed by atoms with Gasteiger partial charge in [-0.05, 0) is 35.9 Å². The van der Waals surface area contributed by atoms with Crippen molar-refractivity contribution < 1.29 is 28.1 Å². The van der Waals surface area contributed by atoms with Crippen LogP contribution in [0.1, 0.15) is 11.1 Å². The van der Waals surface area contributed by atoms with Crippen molar-refractivity contribution in [3.8, 4) is 39.9 Å². The van der Waals surface area contributed by atoms with Gasteiger partial charge in [0.2, 0.25) is 12.2 Å². The van der Waals surface area contributed by atoms with Gasteiger partial charge < -0.3 is 28.1 Å². The number of ether oxygens (including phenoxy) is 5. The maximum absolute atomic E-state index is 13.6. The highest BCUT2D eigenvalue weighted by atomic mass is 16.7. The van der Waals surface area contributed by atoms with E-state index in [4.69, 9.17) is 28.1 Å². The van der Waals surface area contributed by atoms with E-state index in [1.165, 1.54) is 11.8 Å². The third-order valence-corrected chi connectivity index (χ3v) is 7.60. The van der Waals surface area contributed by atoms with Crippen molar-refractivity contribution in [2.24, 2.45) is 0 Å². The fourth-order valence-corrected chi connectivity index (χ4v) is 5.37. The largest absolute Gasteiger partial charge is 0.497 e. The highest BCUT2D eigenvalue weighted by Gasteiger charge is 2.24. The fraction of sp³-hybridized carbons (Fsp3) is 0.323. The Morgan fingerprint density at radius 1 is 0.750 bits per heavy atom. The molecule has 2 aliphatic heterocycles. The third-order valence-electron chi connectivity index (χ3n) is 7.60. The third kappa shape index (κ3) is 5.05. The molecule has 208 valence electrons. The molecule has 0 atom stereocenters. The van der Waals surface area contributed by atoms with Crippen LogP contribution in [0, 0.1) is 0 Å². The summed E-state index contributed by atoms with van der Waals surface area (Å²) in [6.45, 7) is 5.36. The van der Waals surface area contributed by atoms with Crippen LogP contribution < -0.4 is 29.1 Å². The van der Waals surface area contributed by atoms with E-state index in [-0.39, 0.29) is 12.2 Å². The Morgan fingerprint density at radius 2 is 1.50 bits per heavy atom. The van der Waals surface area contributed by atoms with Crippen molar-refractivity contribution >= 4 is 11.0 Å². The molecule has 0 saturated carbocycles. The number of hydrogen-bond acceptors (Lipinski definition) is 9. The normalized spacial score (nSPS) is 15.4. The minimum atomic E-state index is -0.117. The second-order valence-electron chi connectivity index (χ2n) is 9.94. The lowest BCUT2D eigenvalue weighted by atomic mass is 9.97. The van der Waals surface area contributed by atoms with Gasteiger partial charge in [-0.1, -0.05) is 6.07 Å². The second-order valence-corrected chi connectivity index (χ2v) is 9.94. The first-order valence-electron chi connectivity index (χ1n) is 13.2. The first kappa shape index (κ1) is 26.0. The standard InChI is InChI=1S/C31H32N2O7/c1-35-21-5-6-23-29(14-21)38-18-26(31(23)34)24-13-22(36-2)15-28(37-3)25(24)17-33-10-8-32(9-11-33)16-20-4-7-27-30(12-20)40-19-39-27/h4-7,12-15,18H,8-11,16-17,19H2,1-3H3. The van der Waals surface area contributed by atoms with Crippen LogP contribution in [-0.2, 0) is 13.1 Å². The van der Waals surface area contributed by atoms with Gasteiger partial charge in [-0.25, -0.2) is 0 Å². The maximum Gasteiger partial charge on any atom is 0.231 e. The smallest absolute Gasteiger partial charge is 0.231 e. The zero-order valence-electron chi connectivity index (χ0n) is 22.9. The average Bonchev–Trinajstić information content (AvgIpc) is 3.46. The molecule has 3 heterocycles. The van der Waals surface area contributed by atoms with E-state index in [1.807, 2.05) is 18.2 Å². The van der Waals surface area contributed by atoms with Gasteiger partial charge in [-0.2, -0.15) is 0 Å². The Kier molecular flexibility index (Phi) is 7.23. The molecule has 0 radical (unpaired) electrons. The Morgan fingerprint density at radius 3 is 2.25 bits per heavy atom. The van der Waals surface area contributed by atoms with Gasteiger partial charge in [0.05, 0.1) is 32.3 Å². The molecule has 0 N–H and O–H groups in total. The summed E-state index contributed by atoms with van der Waals surface area (Å²) in [6.07, 6.45) is 1.52. The molecule has 0 aliphatic carbocycles. The molecule has 9 nitrogen and oxygen atoms in total. The predicted molar refractivity (Wildman–Crippen MR) is 151 cm³/mol. The lowest BCUT2D eigenvalue weighted by Gasteiger charge is -2.35. The fourth-order valence-electron chi connectivity index (χ4n) is 5.37. The van der Waals surface area contributed by atoms with Gasteiger partial charge in [0, 0.05) is 62.5 Å². The van der Waals surface area contributed by atoms with E-state index in [0.29, 0.717) is 40.3 Å². The predicted octanol–water partition coefficient (Wildman–Crippen LogP) is 4.53. The summed E-state index contributed by atoms with van der Waals surface area (Å²) in [5.74, 6) is 3.53. The molecule has 1 saturated heterocycles. The van der Waals surface area contributed by atoms with Crippen LogP contribution in [0.25, 0.3) is 22.1 Å². The number of hydrogen-bond donors (Lipinski definition) is 0. The Bertz CT molecular complexity index is 1590. The molecule has 0 amide bonds. The van der Waals surface area contributed by atoms with Gasteiger partial charge in [-0.15, -0.1) is 0 Å². The molecule has 0 unspecified atom stereocenters. The summed E-state index contributed by atoms with van der Waals surface area (Å²) in [4.78, 5) is 18.5. The van der Waals surface area contributed by atoms with Crippen LogP contribution in [0.2, 0.25) is 0 Å². The van der Waals surface area contributed by atoms with Crippen molar-refractivity contribution in [3.05, 3.63) is 76.1 Å². The first-order chi connectivity index (χ1) is 19.6. The summed E-state index contributed by atoms with van der Waals surface area (Å²) in [6, 6.07) is 15.1. The lowest BCUT2D eigenvalue weighted by Crippen LogP contribution is -2.45. The molecular weight excluding hydrogens is 512 g/mol. The highest BCUT2D eigenvalue weighted by Crippen LogP contribution is 2.37. The van der Waals surface area contributed by atoms with Gasteiger partial charge in [-0.3, -0.25) is 14.6 Å². The van der Waals surface area contributed by atoms with Crippen LogP contribution in [0.15, 0.2) is 64.0 Å². The minimum absolute atomic E-state index is 0.117. The topological polar surface area (TPSA) is 82.8 Å². The summed E-state index contributed by atoms with van der Waals surface area (Å²) >= 11 is 0. The molecule has 9 heteroatoms. The van der Waals surface area contributed by atoms with Gasteiger partial charge in [0.1, 0.15) is 29.1 Å². The number of fused-ring (bicyclic) bond motifs is 2. The molecular formula is C31H32N2O7. The maximum atomic E-state index is 13.6. The number of methoxy groups -OCH3 is 3. The molecule has 4 aromatic rings. The first-order valence-corrected chi connectivity index (χ1v) is 13.2. The summed E-state index contributed by atoms with van der Waals surface area (Å²) < 4.78 is 33.5. The van der Waals surface area contributed by atoms with Crippen LogP contribution in [0.5, 0.6) is 28.7 Å². The van der Waals surface area contributed by atoms with Crippen LogP contribution in [0.3, 0.4) is 0 Å². The Balaban J connectivity index is 1.25. The molecule has 40 heavy (non-hydrogen) atoms. The summed E-state index contributed by atoms with van der Waals surface area (Å²) in [5, 5.41) is 0.489. The van der Waals surface area contributed by atoms with E-state index < -0.39 is 0 Å². The molecule has 2 aliphatic rings. The van der Waals surface area contributed by atoms with E-state index >= 15 is 0 Å². The van der Waals surface area contributed by atoms with Crippen LogP contribution in [0.4, 0.5) is 0 Å². The van der Waals surface area contributed by atoms with Gasteiger partial charge in [0.15, 0.2) is 11.5 Å². The van der Waals surface area contributed by atoms with Crippen molar-refractivity contribution in [1.29, 1.82) is 0 Å². The Labute approximate surface area is 232 Å². The molecule has 1 fully saturated rings. The average molecular weight is 545 g/mol. The lowest BCUT2D eigenvalue weighted by molar-refractivity contribution is 0.121. The van der Waals surface area contributed by atoms with Gasteiger partial charge >= 0.3 is 0 Å². The SMILES string of the molecule is COc1cc(OC)c(CN2CCN(Cc3ccc4c(c3)OCO4)CC2)c(-c2coc3cc(OC)ccc3c2=O)c1. The van der Waals surface area contributed by atoms with E-state index in [9.17, 15) is 4.79 Å². The van der Waals surface area contributed by atoms with Gasteiger partial charge in [0.25, 0.3) is 0 Å². The second kappa shape index (κ2) is 11.1. The molecule has 3 aromatic carbocycles. The quantitative estimate of drug-likeness (QED) is 0.318. The monoisotopic (exact) mass is 544 g/mol. The summed E-state index contributed by atoms with van der Waals surface area (Å²) in [5.41, 5.74) is 3.69. The van der Waals surface area contributed by atoms with E-state index in [2.05, 4.69) is 21.9 Å².